The minimum absolute atomic E-state index is 0.878. The standard InChI is InChI=1S/C10H19N3/c11-13-6-9-4-12(3-8-1-2-8)5-10(9)7-13/h8-10H,1-7,11H2/t9-,10+. The van der Waals surface area contributed by atoms with Crippen LogP contribution in [-0.2, 0) is 0 Å². The molecule has 2 saturated heterocycles. The van der Waals surface area contributed by atoms with Gasteiger partial charge >= 0.3 is 0 Å². The molecule has 1 aliphatic carbocycles. The Kier molecular flexibility index (Phi) is 1.86. The first-order valence-corrected chi connectivity index (χ1v) is 5.53. The van der Waals surface area contributed by atoms with Gasteiger partial charge in [0.15, 0.2) is 0 Å². The van der Waals surface area contributed by atoms with Gasteiger partial charge < -0.3 is 4.90 Å². The van der Waals surface area contributed by atoms with E-state index in [-0.39, 0.29) is 0 Å². The van der Waals surface area contributed by atoms with E-state index in [1.807, 2.05) is 5.01 Å². The monoisotopic (exact) mass is 181 g/mol. The molecule has 0 spiro atoms. The molecule has 2 aliphatic heterocycles. The second kappa shape index (κ2) is 2.94. The Labute approximate surface area is 79.8 Å². The maximum atomic E-state index is 5.80. The van der Waals surface area contributed by atoms with Crippen LogP contribution in [0.2, 0.25) is 0 Å². The zero-order valence-corrected chi connectivity index (χ0v) is 8.15. The second-order valence-electron chi connectivity index (χ2n) is 5.14. The molecule has 2 heterocycles. The lowest BCUT2D eigenvalue weighted by atomic mass is 10.0. The summed E-state index contributed by atoms with van der Waals surface area (Å²) in [6, 6.07) is 0. The number of hydrazine groups is 1. The SMILES string of the molecule is NN1C[C@@H]2CN(CC3CC3)C[C@@H]2C1. The van der Waals surface area contributed by atoms with Gasteiger partial charge in [-0.2, -0.15) is 0 Å². The van der Waals surface area contributed by atoms with E-state index >= 15 is 0 Å². The molecule has 1 saturated carbocycles. The van der Waals surface area contributed by atoms with Crippen molar-refractivity contribution < 1.29 is 0 Å². The van der Waals surface area contributed by atoms with Gasteiger partial charge in [-0.25, -0.2) is 5.01 Å². The second-order valence-corrected chi connectivity index (χ2v) is 5.14. The molecular formula is C10H19N3. The van der Waals surface area contributed by atoms with Crippen LogP contribution in [0, 0.1) is 17.8 Å². The van der Waals surface area contributed by atoms with Gasteiger partial charge in [-0.3, -0.25) is 5.84 Å². The van der Waals surface area contributed by atoms with Crippen LogP contribution in [0.3, 0.4) is 0 Å². The predicted octanol–water partition coefficient (Wildman–Crippen LogP) is 0.134. The average Bonchev–Trinajstić information content (AvgIpc) is 2.68. The summed E-state index contributed by atoms with van der Waals surface area (Å²) in [5.74, 6) is 8.60. The number of hydrogen-bond donors (Lipinski definition) is 1. The fraction of sp³-hybridized carbons (Fsp3) is 1.00. The van der Waals surface area contributed by atoms with Crippen molar-refractivity contribution in [1.82, 2.24) is 9.91 Å². The number of nitrogens with two attached hydrogens (primary N) is 1. The summed E-state index contributed by atoms with van der Waals surface area (Å²) in [5, 5.41) is 2.00. The van der Waals surface area contributed by atoms with E-state index in [0.717, 1.165) is 30.8 Å². The van der Waals surface area contributed by atoms with E-state index in [2.05, 4.69) is 4.90 Å². The topological polar surface area (TPSA) is 32.5 Å². The molecule has 0 bridgehead atoms. The summed E-state index contributed by atoms with van der Waals surface area (Å²) in [7, 11) is 0. The number of hydrogen-bond acceptors (Lipinski definition) is 3. The zero-order chi connectivity index (χ0) is 8.84. The van der Waals surface area contributed by atoms with Crippen molar-refractivity contribution in [3.8, 4) is 0 Å². The van der Waals surface area contributed by atoms with Crippen molar-refractivity contribution in [2.24, 2.45) is 23.6 Å². The Morgan fingerprint density at radius 2 is 1.62 bits per heavy atom. The number of rotatable bonds is 2. The molecule has 0 amide bonds. The number of likely N-dealkylation sites (tertiary alicyclic amines) is 1. The van der Waals surface area contributed by atoms with E-state index in [4.69, 9.17) is 5.84 Å². The highest BCUT2D eigenvalue weighted by Gasteiger charge is 2.40. The normalized spacial score (nSPS) is 41.3. The minimum atomic E-state index is 0.878. The minimum Gasteiger partial charge on any atom is -0.302 e. The molecule has 3 heteroatoms. The summed E-state index contributed by atoms with van der Waals surface area (Å²) < 4.78 is 0. The first-order valence-electron chi connectivity index (χ1n) is 5.53. The Hall–Kier alpha value is -0.120. The maximum absolute atomic E-state index is 5.80. The highest BCUT2D eigenvalue weighted by Crippen LogP contribution is 2.34. The molecule has 0 aromatic heterocycles. The fourth-order valence-electron chi connectivity index (χ4n) is 2.94. The van der Waals surface area contributed by atoms with E-state index < -0.39 is 0 Å². The van der Waals surface area contributed by atoms with Crippen molar-refractivity contribution in [1.29, 1.82) is 0 Å². The van der Waals surface area contributed by atoms with Gasteiger partial charge in [-0.05, 0) is 30.6 Å². The molecule has 3 nitrogen and oxygen atoms in total. The van der Waals surface area contributed by atoms with Gasteiger partial charge in [0, 0.05) is 32.7 Å². The lowest BCUT2D eigenvalue weighted by Crippen LogP contribution is -2.33. The highest BCUT2D eigenvalue weighted by atomic mass is 15.4. The van der Waals surface area contributed by atoms with Crippen LogP contribution in [0.5, 0.6) is 0 Å². The highest BCUT2D eigenvalue weighted by molar-refractivity contribution is 4.92. The number of nitrogens with zero attached hydrogens (tertiary/aromatic N) is 2. The van der Waals surface area contributed by atoms with Crippen molar-refractivity contribution in [3.05, 3.63) is 0 Å². The Morgan fingerprint density at radius 3 is 2.15 bits per heavy atom. The van der Waals surface area contributed by atoms with Crippen LogP contribution in [0.4, 0.5) is 0 Å². The van der Waals surface area contributed by atoms with Crippen molar-refractivity contribution in [2.45, 2.75) is 12.8 Å². The first kappa shape index (κ1) is 8.21. The van der Waals surface area contributed by atoms with Gasteiger partial charge in [-0.1, -0.05) is 0 Å². The zero-order valence-electron chi connectivity index (χ0n) is 8.15. The van der Waals surface area contributed by atoms with E-state index in [1.54, 1.807) is 0 Å². The fourth-order valence-corrected chi connectivity index (χ4v) is 2.94. The van der Waals surface area contributed by atoms with Crippen LogP contribution in [-0.4, -0.2) is 42.6 Å². The molecular weight excluding hydrogens is 162 g/mol. The Balaban J connectivity index is 1.55. The summed E-state index contributed by atoms with van der Waals surface area (Å²) in [6.45, 7) is 6.26. The molecule has 0 aromatic carbocycles. The van der Waals surface area contributed by atoms with Crippen molar-refractivity contribution in [3.63, 3.8) is 0 Å². The van der Waals surface area contributed by atoms with Gasteiger partial charge in [0.25, 0.3) is 0 Å². The third-order valence-corrected chi connectivity index (χ3v) is 3.80. The van der Waals surface area contributed by atoms with Gasteiger partial charge in [0.1, 0.15) is 0 Å². The molecule has 0 aromatic rings. The molecule has 0 radical (unpaired) electrons. The van der Waals surface area contributed by atoms with Crippen molar-refractivity contribution >= 4 is 0 Å². The first-order chi connectivity index (χ1) is 6.31. The van der Waals surface area contributed by atoms with Gasteiger partial charge in [0.05, 0.1) is 0 Å². The summed E-state index contributed by atoms with van der Waals surface area (Å²) in [6.07, 6.45) is 2.96. The van der Waals surface area contributed by atoms with Crippen LogP contribution in [0.25, 0.3) is 0 Å². The third-order valence-electron chi connectivity index (χ3n) is 3.80. The maximum Gasteiger partial charge on any atom is 0.0172 e. The third kappa shape index (κ3) is 1.60. The van der Waals surface area contributed by atoms with Gasteiger partial charge in [-0.15, -0.1) is 0 Å². The van der Waals surface area contributed by atoms with Crippen LogP contribution >= 0.6 is 0 Å². The largest absolute Gasteiger partial charge is 0.302 e. The lowest BCUT2D eigenvalue weighted by molar-refractivity contribution is 0.253. The quantitative estimate of drug-likeness (QED) is 0.615. The van der Waals surface area contributed by atoms with Crippen LogP contribution < -0.4 is 5.84 Å². The van der Waals surface area contributed by atoms with Crippen molar-refractivity contribution in [2.75, 3.05) is 32.7 Å². The molecule has 3 aliphatic rings. The summed E-state index contributed by atoms with van der Waals surface area (Å²) >= 11 is 0. The summed E-state index contributed by atoms with van der Waals surface area (Å²) in [5.41, 5.74) is 0. The Bertz CT molecular complexity index is 188. The average molecular weight is 181 g/mol. The molecule has 74 valence electrons. The molecule has 2 atom stereocenters. The molecule has 2 N–H and O–H groups in total. The van der Waals surface area contributed by atoms with Gasteiger partial charge in [0.2, 0.25) is 0 Å². The smallest absolute Gasteiger partial charge is 0.0172 e. The molecule has 3 rings (SSSR count). The van der Waals surface area contributed by atoms with Crippen LogP contribution in [0.1, 0.15) is 12.8 Å². The Morgan fingerprint density at radius 1 is 1.00 bits per heavy atom. The van der Waals surface area contributed by atoms with E-state index in [9.17, 15) is 0 Å². The number of fused-ring (bicyclic) bond motifs is 1. The predicted molar refractivity (Wildman–Crippen MR) is 51.9 cm³/mol. The molecule has 3 fully saturated rings. The summed E-state index contributed by atoms with van der Waals surface area (Å²) in [4.78, 5) is 2.67. The van der Waals surface area contributed by atoms with E-state index in [0.29, 0.717) is 0 Å². The molecule has 0 unspecified atom stereocenters. The van der Waals surface area contributed by atoms with E-state index in [1.165, 1.54) is 32.5 Å². The lowest BCUT2D eigenvalue weighted by Gasteiger charge is -2.18. The molecule has 13 heavy (non-hydrogen) atoms. The van der Waals surface area contributed by atoms with Crippen LogP contribution in [0.15, 0.2) is 0 Å².